The van der Waals surface area contributed by atoms with Gasteiger partial charge in [0, 0.05) is 26.2 Å². The first-order chi connectivity index (χ1) is 12.7. The minimum Gasteiger partial charge on any atom is -0.378 e. The van der Waals surface area contributed by atoms with Crippen LogP contribution in [0.5, 0.6) is 0 Å². The van der Waals surface area contributed by atoms with E-state index in [0.29, 0.717) is 32.0 Å². The van der Waals surface area contributed by atoms with Crippen LogP contribution in [0.25, 0.3) is 0 Å². The zero-order valence-electron chi connectivity index (χ0n) is 14.8. The molecule has 26 heavy (non-hydrogen) atoms. The first-order valence-corrected chi connectivity index (χ1v) is 8.75. The highest BCUT2D eigenvalue weighted by Crippen LogP contribution is 2.16. The molecule has 1 fully saturated rings. The molecular formula is C19H23FN4O2. The minimum atomic E-state index is -0.304. The van der Waals surface area contributed by atoms with E-state index in [2.05, 4.69) is 15.2 Å². The van der Waals surface area contributed by atoms with E-state index in [0.717, 1.165) is 24.5 Å². The van der Waals surface area contributed by atoms with E-state index in [9.17, 15) is 9.18 Å². The number of urea groups is 1. The summed E-state index contributed by atoms with van der Waals surface area (Å²) in [6.45, 7) is 5.78. The summed E-state index contributed by atoms with van der Waals surface area (Å²) in [7, 11) is 0. The van der Waals surface area contributed by atoms with Crippen LogP contribution in [0.3, 0.4) is 0 Å². The molecule has 138 valence electrons. The van der Waals surface area contributed by atoms with Crippen molar-refractivity contribution in [3.63, 3.8) is 0 Å². The second-order valence-corrected chi connectivity index (χ2v) is 6.08. The van der Waals surface area contributed by atoms with Gasteiger partial charge in [0.15, 0.2) is 0 Å². The lowest BCUT2D eigenvalue weighted by Crippen LogP contribution is -2.36. The Balaban J connectivity index is 1.60. The summed E-state index contributed by atoms with van der Waals surface area (Å²) < 4.78 is 18.7. The maximum absolute atomic E-state index is 13.3. The molecule has 1 saturated heterocycles. The molecule has 1 aliphatic heterocycles. The van der Waals surface area contributed by atoms with Crippen LogP contribution in [0.1, 0.15) is 12.5 Å². The molecule has 1 aliphatic rings. The van der Waals surface area contributed by atoms with Crippen molar-refractivity contribution in [3.05, 3.63) is 54.0 Å². The summed E-state index contributed by atoms with van der Waals surface area (Å²) in [5, 5.41) is 2.85. The van der Waals surface area contributed by atoms with Gasteiger partial charge in [-0.1, -0.05) is 12.1 Å². The van der Waals surface area contributed by atoms with Crippen molar-refractivity contribution < 1.29 is 13.9 Å². The molecule has 7 heteroatoms. The number of amides is 2. The van der Waals surface area contributed by atoms with Gasteiger partial charge in [0.05, 0.1) is 25.1 Å². The van der Waals surface area contributed by atoms with E-state index in [1.165, 1.54) is 12.1 Å². The fourth-order valence-electron chi connectivity index (χ4n) is 2.82. The van der Waals surface area contributed by atoms with Crippen LogP contribution >= 0.6 is 0 Å². The Morgan fingerprint density at radius 3 is 2.77 bits per heavy atom. The summed E-state index contributed by atoms with van der Waals surface area (Å²) in [6.07, 6.45) is 1.65. The third-order valence-corrected chi connectivity index (χ3v) is 4.27. The second kappa shape index (κ2) is 8.62. The summed E-state index contributed by atoms with van der Waals surface area (Å²) >= 11 is 0. The molecule has 0 radical (unpaired) electrons. The first-order valence-electron chi connectivity index (χ1n) is 8.75. The zero-order valence-corrected chi connectivity index (χ0v) is 14.8. The van der Waals surface area contributed by atoms with Crippen molar-refractivity contribution in [1.82, 2.24) is 9.88 Å². The third-order valence-electron chi connectivity index (χ3n) is 4.27. The predicted octanol–water partition coefficient (Wildman–Crippen LogP) is 3.11. The SMILES string of the molecule is CCN(Cc1cccc(F)c1)C(=O)Nc1ccc(N2CCOCC2)nc1. The maximum atomic E-state index is 13.3. The van der Waals surface area contributed by atoms with Crippen molar-refractivity contribution in [1.29, 1.82) is 0 Å². The molecule has 0 saturated carbocycles. The maximum Gasteiger partial charge on any atom is 0.322 e. The number of carbonyl (C=O) groups is 1. The van der Waals surface area contributed by atoms with Crippen LogP contribution in [-0.2, 0) is 11.3 Å². The Bertz CT molecular complexity index is 733. The minimum absolute atomic E-state index is 0.238. The van der Waals surface area contributed by atoms with Gasteiger partial charge in [0.25, 0.3) is 0 Å². The van der Waals surface area contributed by atoms with Gasteiger partial charge in [-0.3, -0.25) is 0 Å². The van der Waals surface area contributed by atoms with Crippen molar-refractivity contribution in [2.24, 2.45) is 0 Å². The van der Waals surface area contributed by atoms with Crippen molar-refractivity contribution in [2.45, 2.75) is 13.5 Å². The average molecular weight is 358 g/mol. The fraction of sp³-hybridized carbons (Fsp3) is 0.368. The number of ether oxygens (including phenoxy) is 1. The van der Waals surface area contributed by atoms with Crippen molar-refractivity contribution in [2.75, 3.05) is 43.1 Å². The van der Waals surface area contributed by atoms with E-state index in [-0.39, 0.29) is 11.8 Å². The molecule has 2 heterocycles. The summed E-state index contributed by atoms with van der Waals surface area (Å²) in [4.78, 5) is 20.7. The number of nitrogens with zero attached hydrogens (tertiary/aromatic N) is 3. The second-order valence-electron chi connectivity index (χ2n) is 6.08. The number of benzene rings is 1. The lowest BCUT2D eigenvalue weighted by molar-refractivity contribution is 0.122. The molecule has 2 aromatic rings. The topological polar surface area (TPSA) is 57.7 Å². The number of morpholine rings is 1. The van der Waals surface area contributed by atoms with Gasteiger partial charge < -0.3 is 19.9 Å². The smallest absolute Gasteiger partial charge is 0.322 e. The van der Waals surface area contributed by atoms with E-state index in [1.807, 2.05) is 19.1 Å². The number of pyridine rings is 1. The Labute approximate surface area is 152 Å². The summed E-state index contributed by atoms with van der Waals surface area (Å²) in [5.41, 5.74) is 1.38. The van der Waals surface area contributed by atoms with Gasteiger partial charge in [0.2, 0.25) is 0 Å². The first kappa shape index (κ1) is 18.1. The van der Waals surface area contributed by atoms with Gasteiger partial charge >= 0.3 is 6.03 Å². The summed E-state index contributed by atoms with van der Waals surface area (Å²) in [5.74, 6) is 0.570. The van der Waals surface area contributed by atoms with Crippen molar-refractivity contribution >= 4 is 17.5 Å². The number of nitrogens with one attached hydrogen (secondary N) is 1. The molecule has 3 rings (SSSR count). The molecule has 0 aliphatic carbocycles. The molecule has 2 amide bonds. The monoisotopic (exact) mass is 358 g/mol. The van der Waals surface area contributed by atoms with Gasteiger partial charge in [-0.05, 0) is 36.8 Å². The van der Waals surface area contributed by atoms with Crippen LogP contribution in [-0.4, -0.2) is 48.8 Å². The lowest BCUT2D eigenvalue weighted by atomic mass is 10.2. The number of hydrogen-bond donors (Lipinski definition) is 1. The highest BCUT2D eigenvalue weighted by molar-refractivity contribution is 5.89. The average Bonchev–Trinajstić information content (AvgIpc) is 2.67. The summed E-state index contributed by atoms with van der Waals surface area (Å²) in [6, 6.07) is 9.77. The number of aromatic nitrogens is 1. The Kier molecular flexibility index (Phi) is 6.01. The highest BCUT2D eigenvalue weighted by atomic mass is 19.1. The molecule has 1 N–H and O–H groups in total. The highest BCUT2D eigenvalue weighted by Gasteiger charge is 2.15. The van der Waals surface area contributed by atoms with Crippen LogP contribution in [0.2, 0.25) is 0 Å². The predicted molar refractivity (Wildman–Crippen MR) is 98.8 cm³/mol. The molecule has 0 unspecified atom stereocenters. The largest absolute Gasteiger partial charge is 0.378 e. The molecule has 0 atom stereocenters. The molecule has 1 aromatic heterocycles. The normalized spacial score (nSPS) is 14.2. The van der Waals surface area contributed by atoms with Gasteiger partial charge in [-0.15, -0.1) is 0 Å². The van der Waals surface area contributed by atoms with Crippen molar-refractivity contribution in [3.8, 4) is 0 Å². The lowest BCUT2D eigenvalue weighted by Gasteiger charge is -2.28. The molecule has 1 aromatic carbocycles. The Morgan fingerprint density at radius 1 is 1.31 bits per heavy atom. The Hall–Kier alpha value is -2.67. The van der Waals surface area contributed by atoms with E-state index < -0.39 is 0 Å². The standard InChI is InChI=1S/C19H23FN4O2/c1-2-23(14-15-4-3-5-16(20)12-15)19(25)22-17-6-7-18(21-13-17)24-8-10-26-11-9-24/h3-7,12-13H,2,8-11,14H2,1H3,(H,22,25). The van der Waals surface area contributed by atoms with Crippen LogP contribution in [0.15, 0.2) is 42.6 Å². The zero-order chi connectivity index (χ0) is 18.4. The number of halogens is 1. The van der Waals surface area contributed by atoms with E-state index in [4.69, 9.17) is 4.74 Å². The molecule has 0 spiro atoms. The number of rotatable bonds is 5. The fourth-order valence-corrected chi connectivity index (χ4v) is 2.82. The van der Waals surface area contributed by atoms with E-state index in [1.54, 1.807) is 23.2 Å². The van der Waals surface area contributed by atoms with E-state index >= 15 is 0 Å². The number of hydrogen-bond acceptors (Lipinski definition) is 4. The molecular weight excluding hydrogens is 335 g/mol. The molecule has 6 nitrogen and oxygen atoms in total. The van der Waals surface area contributed by atoms with Crippen LogP contribution in [0, 0.1) is 5.82 Å². The quantitative estimate of drug-likeness (QED) is 0.892. The van der Waals surface area contributed by atoms with Crippen LogP contribution in [0.4, 0.5) is 20.7 Å². The Morgan fingerprint density at radius 2 is 2.12 bits per heavy atom. The third kappa shape index (κ3) is 4.70. The van der Waals surface area contributed by atoms with Gasteiger partial charge in [-0.2, -0.15) is 0 Å². The number of anilines is 2. The number of carbonyl (C=O) groups excluding carboxylic acids is 1. The van der Waals surface area contributed by atoms with Gasteiger partial charge in [0.1, 0.15) is 11.6 Å². The van der Waals surface area contributed by atoms with Gasteiger partial charge in [-0.25, -0.2) is 14.2 Å². The molecule has 0 bridgehead atoms. The van der Waals surface area contributed by atoms with Crippen LogP contribution < -0.4 is 10.2 Å².